The summed E-state index contributed by atoms with van der Waals surface area (Å²) in [5.41, 5.74) is 5.41. The Labute approximate surface area is 217 Å². The number of nitrogens with zero attached hydrogens (tertiary/aromatic N) is 6. The maximum absolute atomic E-state index is 14.0. The van der Waals surface area contributed by atoms with Crippen molar-refractivity contribution in [2.45, 2.75) is 38.6 Å². The molecular weight excluding hydrogens is 460 g/mol. The molecule has 2 aromatic heterocycles. The number of anilines is 1. The molecule has 0 radical (unpaired) electrons. The van der Waals surface area contributed by atoms with Gasteiger partial charge in [-0.2, -0.15) is 10.4 Å². The molecule has 2 aliphatic rings. The van der Waals surface area contributed by atoms with Gasteiger partial charge < -0.3 is 9.80 Å². The van der Waals surface area contributed by atoms with Gasteiger partial charge in [0.25, 0.3) is 5.91 Å². The van der Waals surface area contributed by atoms with Crippen LogP contribution in [0.3, 0.4) is 0 Å². The Morgan fingerprint density at radius 2 is 1.84 bits per heavy atom. The van der Waals surface area contributed by atoms with E-state index in [0.717, 1.165) is 71.6 Å². The fraction of sp³-hybridized carbons (Fsp3) is 0.333. The number of fused-ring (bicyclic) bond motifs is 1. The van der Waals surface area contributed by atoms with Crippen molar-refractivity contribution in [2.24, 2.45) is 5.92 Å². The second-order valence-corrected chi connectivity index (χ2v) is 10.1. The smallest absolute Gasteiger partial charge is 0.255 e. The number of carbonyl (C=O) groups is 1. The van der Waals surface area contributed by atoms with Crippen molar-refractivity contribution in [2.75, 3.05) is 24.5 Å². The average Bonchev–Trinajstić information content (AvgIpc) is 3.59. The van der Waals surface area contributed by atoms with Gasteiger partial charge in [-0.25, -0.2) is 9.50 Å². The summed E-state index contributed by atoms with van der Waals surface area (Å²) in [5.74, 6) is 1.02. The van der Waals surface area contributed by atoms with Gasteiger partial charge in [-0.3, -0.25) is 4.79 Å². The molecule has 2 atom stereocenters. The third kappa shape index (κ3) is 4.33. The Balaban J connectivity index is 1.33. The normalized spacial score (nSPS) is 19.8. The van der Waals surface area contributed by atoms with E-state index in [1.165, 1.54) is 0 Å². The van der Waals surface area contributed by atoms with E-state index in [1.807, 2.05) is 83.2 Å². The summed E-state index contributed by atoms with van der Waals surface area (Å²) in [6, 6.07) is 22.3. The van der Waals surface area contributed by atoms with E-state index in [9.17, 15) is 10.1 Å². The zero-order chi connectivity index (χ0) is 25.4. The van der Waals surface area contributed by atoms with Crippen molar-refractivity contribution < 1.29 is 4.79 Å². The number of rotatable bonds is 4. The van der Waals surface area contributed by atoms with Crippen molar-refractivity contribution in [3.8, 4) is 17.2 Å². The number of benzene rings is 2. The zero-order valence-corrected chi connectivity index (χ0v) is 21.0. The van der Waals surface area contributed by atoms with E-state index in [1.54, 1.807) is 0 Å². The number of aryl methyl sites for hydroxylation is 1. The first kappa shape index (κ1) is 23.2. The van der Waals surface area contributed by atoms with Crippen LogP contribution in [0.2, 0.25) is 0 Å². The highest BCUT2D eigenvalue weighted by Gasteiger charge is 2.32. The van der Waals surface area contributed by atoms with E-state index in [0.29, 0.717) is 13.1 Å². The maximum Gasteiger partial charge on any atom is 0.255 e. The quantitative estimate of drug-likeness (QED) is 0.382. The minimum atomic E-state index is -0.0923. The fourth-order valence-corrected chi connectivity index (χ4v) is 5.74. The Morgan fingerprint density at radius 3 is 2.65 bits per heavy atom. The third-order valence-corrected chi connectivity index (χ3v) is 7.64. The van der Waals surface area contributed by atoms with Gasteiger partial charge in [0.05, 0.1) is 23.7 Å². The fourth-order valence-electron chi connectivity index (χ4n) is 5.74. The second kappa shape index (κ2) is 9.70. The van der Waals surface area contributed by atoms with Gasteiger partial charge in [-0.05, 0) is 49.8 Å². The summed E-state index contributed by atoms with van der Waals surface area (Å²) in [4.78, 5) is 23.1. The van der Waals surface area contributed by atoms with Crippen LogP contribution >= 0.6 is 0 Å². The number of aromatic nitrogens is 3. The van der Waals surface area contributed by atoms with Crippen LogP contribution in [-0.2, 0) is 0 Å². The minimum Gasteiger partial charge on any atom is -0.355 e. The van der Waals surface area contributed by atoms with Gasteiger partial charge in [-0.1, -0.05) is 48.5 Å². The number of carbonyl (C=O) groups excluding carboxylic acids is 1. The van der Waals surface area contributed by atoms with Crippen molar-refractivity contribution in [1.29, 1.82) is 5.26 Å². The molecule has 4 heterocycles. The van der Waals surface area contributed by atoms with Gasteiger partial charge in [0.2, 0.25) is 0 Å². The van der Waals surface area contributed by atoms with Crippen molar-refractivity contribution in [3.63, 3.8) is 0 Å². The van der Waals surface area contributed by atoms with Gasteiger partial charge in [-0.15, -0.1) is 0 Å². The predicted octanol–water partition coefficient (Wildman–Crippen LogP) is 5.42. The van der Waals surface area contributed by atoms with Crippen molar-refractivity contribution in [3.05, 3.63) is 83.7 Å². The summed E-state index contributed by atoms with van der Waals surface area (Å²) < 4.78 is 1.83. The number of piperidine rings is 1. The highest BCUT2D eigenvalue weighted by molar-refractivity contribution is 6.01. The van der Waals surface area contributed by atoms with Gasteiger partial charge in [0, 0.05) is 43.0 Å². The molecular formula is C30H30N6O. The Kier molecular flexibility index (Phi) is 6.09. The zero-order valence-electron chi connectivity index (χ0n) is 21.0. The molecule has 6 rings (SSSR count). The van der Waals surface area contributed by atoms with Crippen LogP contribution in [0, 0.1) is 24.2 Å². The van der Waals surface area contributed by atoms with E-state index in [4.69, 9.17) is 10.1 Å². The lowest BCUT2D eigenvalue weighted by Gasteiger charge is -2.35. The van der Waals surface area contributed by atoms with Crippen LogP contribution in [0.1, 0.15) is 53.3 Å². The molecule has 2 fully saturated rings. The molecule has 4 aromatic rings. The Morgan fingerprint density at radius 1 is 1.03 bits per heavy atom. The molecule has 0 N–H and O–H groups in total. The molecule has 7 nitrogen and oxygen atoms in total. The topological polar surface area (TPSA) is 77.5 Å². The monoisotopic (exact) mass is 490 g/mol. The lowest BCUT2D eigenvalue weighted by molar-refractivity contribution is 0.0606. The summed E-state index contributed by atoms with van der Waals surface area (Å²) in [6.45, 7) is 4.31. The highest BCUT2D eigenvalue weighted by atomic mass is 16.2. The molecule has 0 bridgehead atoms. The third-order valence-electron chi connectivity index (χ3n) is 7.64. The molecule has 2 aliphatic heterocycles. The first-order valence-corrected chi connectivity index (χ1v) is 13.1. The summed E-state index contributed by atoms with van der Waals surface area (Å²) in [7, 11) is 0. The SMILES string of the molecule is Cc1cn2nc(C3CCCCN3C(=O)c3ccccc3-c3ccccc3)cc2nc1N1CCC(C#N)C1. The number of hydrogen-bond donors (Lipinski definition) is 0. The van der Waals surface area contributed by atoms with Crippen LogP contribution in [0.25, 0.3) is 16.8 Å². The standard InChI is InChI=1S/C30H30N6O/c1-21-19-36-28(32-29(21)34-16-14-22(18-31)20-34)17-26(33-36)27-13-7-8-15-35(27)30(37)25-12-6-5-11-24(25)23-9-3-2-4-10-23/h2-6,9-12,17,19,22,27H,7-8,13-16,20H2,1H3. The van der Waals surface area contributed by atoms with E-state index in [2.05, 4.69) is 11.0 Å². The first-order chi connectivity index (χ1) is 18.1. The number of nitriles is 1. The van der Waals surface area contributed by atoms with E-state index < -0.39 is 0 Å². The van der Waals surface area contributed by atoms with Gasteiger partial charge >= 0.3 is 0 Å². The molecule has 1 amide bonds. The molecule has 2 saturated heterocycles. The summed E-state index contributed by atoms with van der Waals surface area (Å²) in [5, 5.41) is 14.2. The van der Waals surface area contributed by atoms with E-state index >= 15 is 0 Å². The van der Waals surface area contributed by atoms with Crippen LogP contribution in [0.15, 0.2) is 66.9 Å². The van der Waals surface area contributed by atoms with Crippen LogP contribution < -0.4 is 4.90 Å². The second-order valence-electron chi connectivity index (χ2n) is 10.1. The van der Waals surface area contributed by atoms with Gasteiger partial charge in [0.15, 0.2) is 5.65 Å². The summed E-state index contributed by atoms with van der Waals surface area (Å²) >= 11 is 0. The Bertz CT molecular complexity index is 1490. The van der Waals surface area contributed by atoms with Crippen LogP contribution in [0.5, 0.6) is 0 Å². The maximum atomic E-state index is 14.0. The molecule has 2 unspecified atom stereocenters. The molecule has 2 aromatic carbocycles. The lowest BCUT2D eigenvalue weighted by Crippen LogP contribution is -2.39. The molecule has 186 valence electrons. The molecule has 0 spiro atoms. The van der Waals surface area contributed by atoms with Crippen LogP contribution in [0.4, 0.5) is 5.82 Å². The molecule has 0 saturated carbocycles. The predicted molar refractivity (Wildman–Crippen MR) is 143 cm³/mol. The van der Waals surface area contributed by atoms with Crippen LogP contribution in [-0.4, -0.2) is 45.0 Å². The molecule has 0 aliphatic carbocycles. The average molecular weight is 491 g/mol. The Hall–Kier alpha value is -4.18. The van der Waals surface area contributed by atoms with Crippen molar-refractivity contribution in [1.82, 2.24) is 19.5 Å². The molecule has 37 heavy (non-hydrogen) atoms. The largest absolute Gasteiger partial charge is 0.355 e. The van der Waals surface area contributed by atoms with E-state index in [-0.39, 0.29) is 17.9 Å². The highest BCUT2D eigenvalue weighted by Crippen LogP contribution is 2.34. The van der Waals surface area contributed by atoms with Gasteiger partial charge in [0.1, 0.15) is 5.82 Å². The first-order valence-electron chi connectivity index (χ1n) is 13.1. The number of amides is 1. The number of likely N-dealkylation sites (tertiary alicyclic amines) is 1. The molecule has 7 heteroatoms. The summed E-state index contributed by atoms with van der Waals surface area (Å²) in [6.07, 6.45) is 5.81. The van der Waals surface area contributed by atoms with Crippen molar-refractivity contribution >= 4 is 17.4 Å². The lowest BCUT2D eigenvalue weighted by atomic mass is 9.95. The number of hydrogen-bond acceptors (Lipinski definition) is 5. The minimum absolute atomic E-state index is 0.0469.